The number of piperidine rings is 1. The zero-order chi connectivity index (χ0) is 19.8. The van der Waals surface area contributed by atoms with Crippen molar-refractivity contribution in [1.29, 1.82) is 0 Å². The van der Waals surface area contributed by atoms with Crippen LogP contribution in [0.5, 0.6) is 0 Å². The fraction of sp³-hybridized carbons (Fsp3) is 0.478. The maximum atomic E-state index is 12.9. The molecule has 0 spiro atoms. The molecule has 0 aliphatic carbocycles. The fourth-order valence-electron chi connectivity index (χ4n) is 3.82. The molecule has 150 valence electrons. The summed E-state index contributed by atoms with van der Waals surface area (Å²) in [5.74, 6) is 1.19. The van der Waals surface area contributed by atoms with Crippen LogP contribution in [0.4, 0.5) is 5.82 Å². The van der Waals surface area contributed by atoms with Crippen LogP contribution < -0.4 is 10.2 Å². The summed E-state index contributed by atoms with van der Waals surface area (Å²) in [4.78, 5) is 19.6. The quantitative estimate of drug-likeness (QED) is 0.605. The molecule has 1 fully saturated rings. The summed E-state index contributed by atoms with van der Waals surface area (Å²) in [6.45, 7) is 3.90. The van der Waals surface area contributed by atoms with Crippen LogP contribution in [-0.2, 0) is 4.79 Å². The van der Waals surface area contributed by atoms with Gasteiger partial charge in [-0.05, 0) is 37.0 Å². The van der Waals surface area contributed by atoms with Crippen molar-refractivity contribution in [3.63, 3.8) is 0 Å². The van der Waals surface area contributed by atoms with Gasteiger partial charge in [0, 0.05) is 25.2 Å². The van der Waals surface area contributed by atoms with Crippen LogP contribution in [0.3, 0.4) is 0 Å². The van der Waals surface area contributed by atoms with E-state index in [2.05, 4.69) is 34.3 Å². The average molecular weight is 400 g/mol. The lowest BCUT2D eigenvalue weighted by Crippen LogP contribution is -2.41. The van der Waals surface area contributed by atoms with Crippen LogP contribution >= 0.6 is 11.6 Å². The molecule has 1 aromatic heterocycles. The zero-order valence-electron chi connectivity index (χ0n) is 16.6. The Morgan fingerprint density at radius 3 is 2.57 bits per heavy atom. The normalized spacial score (nSPS) is 16.0. The van der Waals surface area contributed by atoms with Crippen molar-refractivity contribution in [2.45, 2.75) is 51.5 Å². The van der Waals surface area contributed by atoms with Gasteiger partial charge in [-0.3, -0.25) is 4.79 Å². The molecule has 28 heavy (non-hydrogen) atoms. The molecule has 2 aromatic rings. The molecule has 1 aliphatic heterocycles. The van der Waals surface area contributed by atoms with Gasteiger partial charge in [-0.2, -0.15) is 0 Å². The predicted molar refractivity (Wildman–Crippen MR) is 116 cm³/mol. The standard InChI is InChI=1S/C23H30ClN3O/c1-2-3-5-10-21(18-8-6-4-7-9-18)26-23(28)19-13-15-27(16-14-19)22-12-11-20(24)17-25-22/h4,6-9,11-12,17,19,21H,2-3,5,10,13-16H2,1H3,(H,26,28). The van der Waals surface area contributed by atoms with E-state index in [9.17, 15) is 4.79 Å². The molecule has 3 rings (SSSR count). The van der Waals surface area contributed by atoms with Gasteiger partial charge in [0.1, 0.15) is 5.82 Å². The number of carbonyl (C=O) groups is 1. The molecule has 1 N–H and O–H groups in total. The van der Waals surface area contributed by atoms with E-state index < -0.39 is 0 Å². The van der Waals surface area contributed by atoms with Crippen molar-refractivity contribution in [1.82, 2.24) is 10.3 Å². The molecule has 1 unspecified atom stereocenters. The van der Waals surface area contributed by atoms with E-state index in [-0.39, 0.29) is 17.9 Å². The molecule has 4 nitrogen and oxygen atoms in total. The van der Waals surface area contributed by atoms with Gasteiger partial charge < -0.3 is 10.2 Å². The molecule has 1 atom stereocenters. The lowest BCUT2D eigenvalue weighted by atomic mass is 9.94. The van der Waals surface area contributed by atoms with Gasteiger partial charge in [0.25, 0.3) is 0 Å². The van der Waals surface area contributed by atoms with Crippen LogP contribution in [0.15, 0.2) is 48.7 Å². The second-order valence-corrected chi connectivity index (χ2v) is 8.00. The van der Waals surface area contributed by atoms with Crippen molar-refractivity contribution >= 4 is 23.3 Å². The molecular weight excluding hydrogens is 370 g/mol. The third-order valence-electron chi connectivity index (χ3n) is 5.52. The Morgan fingerprint density at radius 2 is 1.93 bits per heavy atom. The lowest BCUT2D eigenvalue weighted by Gasteiger charge is -2.33. The first-order chi connectivity index (χ1) is 13.7. The zero-order valence-corrected chi connectivity index (χ0v) is 17.4. The smallest absolute Gasteiger partial charge is 0.223 e. The molecule has 0 bridgehead atoms. The number of aromatic nitrogens is 1. The van der Waals surface area contributed by atoms with Crippen LogP contribution in [0.25, 0.3) is 0 Å². The Bertz CT molecular complexity index is 727. The Morgan fingerprint density at radius 1 is 1.18 bits per heavy atom. The van der Waals surface area contributed by atoms with E-state index >= 15 is 0 Å². The summed E-state index contributed by atoms with van der Waals surface area (Å²) in [6, 6.07) is 14.3. The van der Waals surface area contributed by atoms with Gasteiger partial charge in [-0.1, -0.05) is 68.1 Å². The lowest BCUT2D eigenvalue weighted by molar-refractivity contribution is -0.126. The highest BCUT2D eigenvalue weighted by atomic mass is 35.5. The van der Waals surface area contributed by atoms with E-state index in [0.29, 0.717) is 5.02 Å². The van der Waals surface area contributed by atoms with Crippen LogP contribution in [0.1, 0.15) is 57.1 Å². The Kier molecular flexibility index (Phi) is 7.72. The maximum Gasteiger partial charge on any atom is 0.223 e. The van der Waals surface area contributed by atoms with E-state index in [1.165, 1.54) is 18.4 Å². The van der Waals surface area contributed by atoms with E-state index in [4.69, 9.17) is 11.6 Å². The van der Waals surface area contributed by atoms with E-state index in [1.54, 1.807) is 6.20 Å². The van der Waals surface area contributed by atoms with E-state index in [1.807, 2.05) is 30.3 Å². The summed E-state index contributed by atoms with van der Waals surface area (Å²) >= 11 is 5.93. The third kappa shape index (κ3) is 5.71. The number of benzene rings is 1. The third-order valence-corrected chi connectivity index (χ3v) is 5.74. The van der Waals surface area contributed by atoms with Crippen LogP contribution in [-0.4, -0.2) is 24.0 Å². The van der Waals surface area contributed by atoms with Gasteiger partial charge >= 0.3 is 0 Å². The molecule has 0 saturated carbocycles. The van der Waals surface area contributed by atoms with Crippen LogP contribution in [0, 0.1) is 5.92 Å². The Balaban J connectivity index is 1.56. The number of hydrogen-bond donors (Lipinski definition) is 1. The monoisotopic (exact) mass is 399 g/mol. The maximum absolute atomic E-state index is 12.9. The number of nitrogens with one attached hydrogen (secondary N) is 1. The summed E-state index contributed by atoms with van der Waals surface area (Å²) < 4.78 is 0. The van der Waals surface area contributed by atoms with Crippen LogP contribution in [0.2, 0.25) is 5.02 Å². The fourth-order valence-corrected chi connectivity index (χ4v) is 3.93. The number of unbranched alkanes of at least 4 members (excludes halogenated alkanes) is 2. The highest BCUT2D eigenvalue weighted by Crippen LogP contribution is 2.25. The summed E-state index contributed by atoms with van der Waals surface area (Å²) in [5, 5.41) is 3.98. The topological polar surface area (TPSA) is 45.2 Å². The van der Waals surface area contributed by atoms with Gasteiger partial charge in [-0.25, -0.2) is 4.98 Å². The minimum atomic E-state index is 0.0703. The molecule has 5 heteroatoms. The molecule has 1 aromatic carbocycles. The summed E-state index contributed by atoms with van der Waals surface area (Å²) in [5.41, 5.74) is 1.20. The predicted octanol–water partition coefficient (Wildman–Crippen LogP) is 5.39. The van der Waals surface area contributed by atoms with Gasteiger partial charge in [0.15, 0.2) is 0 Å². The first kappa shape index (κ1) is 20.7. The first-order valence-electron chi connectivity index (χ1n) is 10.4. The minimum Gasteiger partial charge on any atom is -0.357 e. The SMILES string of the molecule is CCCCCC(NC(=O)C1CCN(c2ccc(Cl)cn2)CC1)c1ccccc1. The Labute approximate surface area is 173 Å². The summed E-state index contributed by atoms with van der Waals surface area (Å²) in [7, 11) is 0. The largest absolute Gasteiger partial charge is 0.357 e. The first-order valence-corrected chi connectivity index (χ1v) is 10.8. The minimum absolute atomic E-state index is 0.0703. The molecule has 2 heterocycles. The van der Waals surface area contributed by atoms with Gasteiger partial charge in [-0.15, -0.1) is 0 Å². The number of pyridine rings is 1. The van der Waals surface area contributed by atoms with Gasteiger partial charge in [0.05, 0.1) is 11.1 Å². The molecule has 1 amide bonds. The molecule has 0 radical (unpaired) electrons. The van der Waals surface area contributed by atoms with Crippen molar-refractivity contribution in [3.8, 4) is 0 Å². The highest BCUT2D eigenvalue weighted by molar-refractivity contribution is 6.30. The van der Waals surface area contributed by atoms with Crippen molar-refractivity contribution < 1.29 is 4.79 Å². The number of nitrogens with zero attached hydrogens (tertiary/aromatic N) is 2. The van der Waals surface area contributed by atoms with Crippen molar-refractivity contribution in [2.24, 2.45) is 5.92 Å². The average Bonchev–Trinajstić information content (AvgIpc) is 2.74. The number of hydrogen-bond acceptors (Lipinski definition) is 3. The second-order valence-electron chi connectivity index (χ2n) is 7.56. The number of anilines is 1. The highest BCUT2D eigenvalue weighted by Gasteiger charge is 2.27. The number of carbonyl (C=O) groups excluding carboxylic acids is 1. The number of rotatable bonds is 8. The second kappa shape index (κ2) is 10.5. The molecular formula is C23H30ClN3O. The molecule has 1 aliphatic rings. The summed E-state index contributed by atoms with van der Waals surface area (Å²) in [6.07, 6.45) is 7.90. The molecule has 1 saturated heterocycles. The van der Waals surface area contributed by atoms with Crippen molar-refractivity contribution in [2.75, 3.05) is 18.0 Å². The Hall–Kier alpha value is -2.07. The van der Waals surface area contributed by atoms with E-state index in [0.717, 1.165) is 44.6 Å². The van der Waals surface area contributed by atoms with Crippen molar-refractivity contribution in [3.05, 3.63) is 59.2 Å². The number of halogens is 1. The number of amides is 1. The van der Waals surface area contributed by atoms with Gasteiger partial charge in [0.2, 0.25) is 5.91 Å².